The minimum atomic E-state index is 0.531. The highest BCUT2D eigenvalue weighted by Crippen LogP contribution is 2.18. The van der Waals surface area contributed by atoms with Gasteiger partial charge in [0.25, 0.3) is 0 Å². The lowest BCUT2D eigenvalue weighted by Gasteiger charge is -2.35. The number of hydrogen-bond acceptors (Lipinski definition) is 5. The van der Waals surface area contributed by atoms with Crippen LogP contribution in [0.25, 0.3) is 0 Å². The molecule has 0 unspecified atom stereocenters. The van der Waals surface area contributed by atoms with E-state index in [9.17, 15) is 0 Å². The summed E-state index contributed by atoms with van der Waals surface area (Å²) in [4.78, 5) is 13.2. The molecule has 0 spiro atoms. The van der Waals surface area contributed by atoms with Crippen LogP contribution < -0.4 is 15.4 Å². The van der Waals surface area contributed by atoms with E-state index in [0.717, 1.165) is 37.1 Å². The maximum Gasteiger partial charge on any atom is 0.191 e. The zero-order valence-electron chi connectivity index (χ0n) is 13.9. The first-order valence-electron chi connectivity index (χ1n) is 8.11. The van der Waals surface area contributed by atoms with Crippen LogP contribution in [0.1, 0.15) is 5.56 Å². The lowest BCUT2D eigenvalue weighted by molar-refractivity contribution is 0.326. The van der Waals surface area contributed by atoms with Gasteiger partial charge in [-0.25, -0.2) is 9.98 Å². The fourth-order valence-electron chi connectivity index (χ4n) is 2.63. The van der Waals surface area contributed by atoms with Crippen LogP contribution in [-0.4, -0.2) is 55.2 Å². The van der Waals surface area contributed by atoms with Crippen LogP contribution in [0, 0.1) is 6.92 Å². The zero-order valence-corrected chi connectivity index (χ0v) is 14.7. The molecule has 1 saturated heterocycles. The van der Waals surface area contributed by atoms with Crippen LogP contribution in [0.2, 0.25) is 0 Å². The third-order valence-electron chi connectivity index (χ3n) is 3.92. The largest absolute Gasteiger partial charge is 0.492 e. The predicted molar refractivity (Wildman–Crippen MR) is 99.1 cm³/mol. The van der Waals surface area contributed by atoms with Crippen molar-refractivity contribution in [3.05, 3.63) is 41.4 Å². The molecule has 2 N–H and O–H groups in total. The summed E-state index contributed by atoms with van der Waals surface area (Å²) >= 11 is 1.67. The van der Waals surface area contributed by atoms with Crippen LogP contribution in [0.5, 0.6) is 5.75 Å². The Hall–Kier alpha value is -2.28. The number of rotatable bonds is 5. The molecule has 0 aliphatic carbocycles. The summed E-state index contributed by atoms with van der Waals surface area (Å²) in [6.45, 7) is 6.72. The molecule has 7 heteroatoms. The molecule has 2 aromatic rings. The molecule has 3 rings (SSSR count). The van der Waals surface area contributed by atoms with Crippen molar-refractivity contribution >= 4 is 22.4 Å². The van der Waals surface area contributed by atoms with Gasteiger partial charge in [-0.3, -0.25) is 0 Å². The molecule has 1 aromatic heterocycles. The van der Waals surface area contributed by atoms with Crippen molar-refractivity contribution in [3.8, 4) is 5.75 Å². The summed E-state index contributed by atoms with van der Waals surface area (Å²) < 4.78 is 5.69. The molecule has 0 radical (unpaired) electrons. The minimum Gasteiger partial charge on any atom is -0.492 e. The van der Waals surface area contributed by atoms with Crippen molar-refractivity contribution in [3.63, 3.8) is 0 Å². The van der Waals surface area contributed by atoms with Gasteiger partial charge in [0, 0.05) is 37.8 Å². The van der Waals surface area contributed by atoms with E-state index >= 15 is 0 Å². The number of aliphatic imine (C=N–C) groups is 1. The number of benzene rings is 1. The van der Waals surface area contributed by atoms with Gasteiger partial charge in [-0.05, 0) is 24.6 Å². The van der Waals surface area contributed by atoms with E-state index in [1.54, 1.807) is 11.3 Å². The van der Waals surface area contributed by atoms with Gasteiger partial charge in [-0.15, -0.1) is 11.3 Å². The Kier molecular flexibility index (Phi) is 5.53. The topological polar surface area (TPSA) is 67.0 Å². The standard InChI is InChI=1S/C17H23N5OS/c1-14-3-2-4-15(13-14)23-11-5-19-16(18)21-7-9-22(10-8-21)17-20-6-12-24-17/h2-4,6,12-13H,5,7-11H2,1H3,(H2,18,19). The minimum absolute atomic E-state index is 0.531. The summed E-state index contributed by atoms with van der Waals surface area (Å²) in [5.41, 5.74) is 7.29. The summed E-state index contributed by atoms with van der Waals surface area (Å²) in [7, 11) is 0. The average molecular weight is 345 g/mol. The van der Waals surface area contributed by atoms with Gasteiger partial charge in [0.2, 0.25) is 0 Å². The quantitative estimate of drug-likeness (QED) is 0.510. The molecule has 0 atom stereocenters. The van der Waals surface area contributed by atoms with Gasteiger partial charge in [-0.1, -0.05) is 12.1 Å². The number of anilines is 1. The van der Waals surface area contributed by atoms with Crippen molar-refractivity contribution < 1.29 is 4.74 Å². The van der Waals surface area contributed by atoms with Crippen molar-refractivity contribution in [2.24, 2.45) is 10.7 Å². The molecule has 2 heterocycles. The molecule has 0 saturated carbocycles. The molecule has 6 nitrogen and oxygen atoms in total. The average Bonchev–Trinajstić information content (AvgIpc) is 3.13. The number of hydrogen-bond donors (Lipinski definition) is 1. The lowest BCUT2D eigenvalue weighted by Crippen LogP contribution is -2.51. The Morgan fingerprint density at radius 3 is 2.88 bits per heavy atom. The van der Waals surface area contributed by atoms with Crippen LogP contribution in [0.3, 0.4) is 0 Å². The van der Waals surface area contributed by atoms with E-state index in [1.807, 2.05) is 42.8 Å². The molecule has 0 amide bonds. The van der Waals surface area contributed by atoms with E-state index < -0.39 is 0 Å². The Morgan fingerprint density at radius 2 is 2.17 bits per heavy atom. The van der Waals surface area contributed by atoms with Crippen molar-refractivity contribution in [2.45, 2.75) is 6.92 Å². The Bertz CT molecular complexity index is 665. The number of aromatic nitrogens is 1. The summed E-state index contributed by atoms with van der Waals surface area (Å²) in [6.07, 6.45) is 1.84. The van der Waals surface area contributed by atoms with E-state index in [0.29, 0.717) is 19.1 Å². The second-order valence-corrected chi connectivity index (χ2v) is 6.57. The fraction of sp³-hybridized carbons (Fsp3) is 0.412. The van der Waals surface area contributed by atoms with Crippen LogP contribution in [0.15, 0.2) is 40.8 Å². The highest BCUT2D eigenvalue weighted by Gasteiger charge is 2.19. The van der Waals surface area contributed by atoms with Gasteiger partial charge in [0.05, 0.1) is 6.54 Å². The third kappa shape index (κ3) is 4.38. The lowest BCUT2D eigenvalue weighted by atomic mass is 10.2. The van der Waals surface area contributed by atoms with Crippen LogP contribution >= 0.6 is 11.3 Å². The molecule has 1 fully saturated rings. The molecule has 128 valence electrons. The Balaban J connectivity index is 1.41. The monoisotopic (exact) mass is 345 g/mol. The second-order valence-electron chi connectivity index (χ2n) is 5.69. The molecule has 24 heavy (non-hydrogen) atoms. The maximum absolute atomic E-state index is 6.10. The molecular formula is C17H23N5OS. The number of nitrogens with two attached hydrogens (primary N) is 1. The first kappa shape index (κ1) is 16.6. The SMILES string of the molecule is Cc1cccc(OCCN=C(N)N2CCN(c3nccs3)CC2)c1. The number of piperazine rings is 1. The number of ether oxygens (including phenoxy) is 1. The highest BCUT2D eigenvalue weighted by atomic mass is 32.1. The first-order valence-corrected chi connectivity index (χ1v) is 8.99. The number of guanidine groups is 1. The predicted octanol–water partition coefficient (Wildman–Crippen LogP) is 1.97. The fourth-order valence-corrected chi connectivity index (χ4v) is 3.32. The van der Waals surface area contributed by atoms with Gasteiger partial charge >= 0.3 is 0 Å². The van der Waals surface area contributed by atoms with Gasteiger partial charge in [0.1, 0.15) is 12.4 Å². The van der Waals surface area contributed by atoms with E-state index in [4.69, 9.17) is 10.5 Å². The highest BCUT2D eigenvalue weighted by molar-refractivity contribution is 7.13. The second kappa shape index (κ2) is 8.01. The molecule has 1 aliphatic rings. The first-order chi connectivity index (χ1) is 11.7. The molecule has 1 aliphatic heterocycles. The summed E-state index contributed by atoms with van der Waals surface area (Å²) in [6, 6.07) is 8.02. The Morgan fingerprint density at radius 1 is 1.33 bits per heavy atom. The van der Waals surface area contributed by atoms with Gasteiger partial charge in [-0.2, -0.15) is 0 Å². The van der Waals surface area contributed by atoms with Crippen LogP contribution in [-0.2, 0) is 0 Å². The molecule has 1 aromatic carbocycles. The third-order valence-corrected chi connectivity index (χ3v) is 4.75. The van der Waals surface area contributed by atoms with Crippen molar-refractivity contribution in [1.29, 1.82) is 0 Å². The Labute approximate surface area is 146 Å². The molecular weight excluding hydrogens is 322 g/mol. The van der Waals surface area contributed by atoms with E-state index in [-0.39, 0.29) is 0 Å². The zero-order chi connectivity index (χ0) is 16.8. The normalized spacial score (nSPS) is 15.6. The van der Waals surface area contributed by atoms with Crippen molar-refractivity contribution in [2.75, 3.05) is 44.2 Å². The molecule has 0 bridgehead atoms. The number of thiazole rings is 1. The van der Waals surface area contributed by atoms with Gasteiger partial charge in [0.15, 0.2) is 11.1 Å². The maximum atomic E-state index is 6.10. The summed E-state index contributed by atoms with van der Waals surface area (Å²) in [5.74, 6) is 1.47. The number of nitrogens with zero attached hydrogens (tertiary/aromatic N) is 4. The van der Waals surface area contributed by atoms with Crippen LogP contribution in [0.4, 0.5) is 5.13 Å². The summed E-state index contributed by atoms with van der Waals surface area (Å²) in [5, 5.41) is 3.09. The van der Waals surface area contributed by atoms with Gasteiger partial charge < -0.3 is 20.3 Å². The van der Waals surface area contributed by atoms with E-state index in [2.05, 4.69) is 19.8 Å². The van der Waals surface area contributed by atoms with Crippen molar-refractivity contribution in [1.82, 2.24) is 9.88 Å². The smallest absolute Gasteiger partial charge is 0.191 e. The number of aryl methyl sites for hydroxylation is 1. The van der Waals surface area contributed by atoms with E-state index in [1.165, 1.54) is 5.56 Å².